The Labute approximate surface area is 140 Å². The molecule has 1 atom stereocenters. The fourth-order valence-corrected chi connectivity index (χ4v) is 2.37. The van der Waals surface area contributed by atoms with E-state index in [1.54, 1.807) is 36.4 Å². The Morgan fingerprint density at radius 1 is 0.958 bits per heavy atom. The second kappa shape index (κ2) is 8.06. The van der Waals surface area contributed by atoms with Crippen molar-refractivity contribution in [2.45, 2.75) is 19.4 Å². The van der Waals surface area contributed by atoms with Gasteiger partial charge >= 0.3 is 5.97 Å². The largest absolute Gasteiger partial charge is 0.467 e. The number of methoxy groups -OCH3 is 1. The van der Waals surface area contributed by atoms with Gasteiger partial charge in [0.05, 0.1) is 7.11 Å². The summed E-state index contributed by atoms with van der Waals surface area (Å²) in [7, 11) is 1.28. The van der Waals surface area contributed by atoms with E-state index in [2.05, 4.69) is 5.32 Å². The maximum absolute atomic E-state index is 12.3. The molecule has 1 N–H and O–H groups in total. The zero-order valence-corrected chi connectivity index (χ0v) is 13.6. The number of benzene rings is 2. The van der Waals surface area contributed by atoms with Crippen LogP contribution in [0, 0.1) is 0 Å². The van der Waals surface area contributed by atoms with Gasteiger partial charge in [-0.2, -0.15) is 0 Å². The third-order valence-electron chi connectivity index (χ3n) is 3.56. The third kappa shape index (κ3) is 4.52. The molecule has 2 aromatic rings. The lowest BCUT2D eigenvalue weighted by Crippen LogP contribution is -2.41. The molecule has 0 fully saturated rings. The van der Waals surface area contributed by atoms with E-state index in [-0.39, 0.29) is 11.7 Å². The number of carbonyl (C=O) groups is 3. The number of hydrogen-bond donors (Lipinski definition) is 1. The van der Waals surface area contributed by atoms with E-state index >= 15 is 0 Å². The number of hydrogen-bond acceptors (Lipinski definition) is 4. The predicted octanol–water partition coefficient (Wildman–Crippen LogP) is 2.14. The highest BCUT2D eigenvalue weighted by molar-refractivity contribution is 6.08. The van der Waals surface area contributed by atoms with Crippen LogP contribution in [0.3, 0.4) is 0 Å². The number of esters is 1. The molecular formula is C19H19NO4. The molecule has 0 aliphatic rings. The zero-order chi connectivity index (χ0) is 17.5. The molecule has 24 heavy (non-hydrogen) atoms. The summed E-state index contributed by atoms with van der Waals surface area (Å²) in [6, 6.07) is 15.2. The van der Waals surface area contributed by atoms with Crippen LogP contribution in [0.15, 0.2) is 54.6 Å². The molecule has 124 valence electrons. The minimum Gasteiger partial charge on any atom is -0.467 e. The van der Waals surface area contributed by atoms with Crippen molar-refractivity contribution in [1.29, 1.82) is 0 Å². The van der Waals surface area contributed by atoms with Crippen LogP contribution < -0.4 is 5.32 Å². The summed E-state index contributed by atoms with van der Waals surface area (Å²) in [5.74, 6) is -0.871. The normalized spacial score (nSPS) is 11.4. The Morgan fingerprint density at radius 2 is 1.54 bits per heavy atom. The number of ether oxygens (including phenoxy) is 1. The SMILES string of the molecule is COC(=O)C(Cc1ccc(C(=O)c2ccccc2)cc1)NC(C)=O. The minimum absolute atomic E-state index is 0.0615. The molecule has 0 bridgehead atoms. The van der Waals surface area contributed by atoms with Crippen molar-refractivity contribution < 1.29 is 19.1 Å². The van der Waals surface area contributed by atoms with Gasteiger partial charge in [-0.1, -0.05) is 54.6 Å². The van der Waals surface area contributed by atoms with Crippen molar-refractivity contribution in [3.8, 4) is 0 Å². The van der Waals surface area contributed by atoms with Crippen LogP contribution in [0.5, 0.6) is 0 Å². The quantitative estimate of drug-likeness (QED) is 0.652. The van der Waals surface area contributed by atoms with Crippen molar-refractivity contribution in [1.82, 2.24) is 5.32 Å². The molecule has 0 radical (unpaired) electrons. The fourth-order valence-electron chi connectivity index (χ4n) is 2.37. The van der Waals surface area contributed by atoms with Gasteiger partial charge in [0.25, 0.3) is 0 Å². The summed E-state index contributed by atoms with van der Waals surface area (Å²) in [6.07, 6.45) is 0.298. The Bertz CT molecular complexity index is 723. The molecule has 0 aliphatic heterocycles. The van der Waals surface area contributed by atoms with Crippen molar-refractivity contribution in [3.05, 3.63) is 71.3 Å². The first kappa shape index (κ1) is 17.4. The van der Waals surface area contributed by atoms with Gasteiger partial charge in [0.1, 0.15) is 6.04 Å². The van der Waals surface area contributed by atoms with E-state index in [9.17, 15) is 14.4 Å². The van der Waals surface area contributed by atoms with Crippen LogP contribution in [0.1, 0.15) is 28.4 Å². The molecule has 0 aromatic heterocycles. The van der Waals surface area contributed by atoms with Crippen molar-refractivity contribution in [3.63, 3.8) is 0 Å². The summed E-state index contributed by atoms with van der Waals surface area (Å²) in [6.45, 7) is 1.34. The summed E-state index contributed by atoms with van der Waals surface area (Å²) < 4.78 is 4.70. The number of amides is 1. The molecule has 5 nitrogen and oxygen atoms in total. The van der Waals surface area contributed by atoms with Crippen LogP contribution in [0.4, 0.5) is 0 Å². The standard InChI is InChI=1S/C19H19NO4/c1-13(21)20-17(19(23)24-2)12-14-8-10-16(11-9-14)18(22)15-6-4-3-5-7-15/h3-11,17H,12H2,1-2H3,(H,20,21). The van der Waals surface area contributed by atoms with E-state index in [4.69, 9.17) is 4.74 Å². The maximum Gasteiger partial charge on any atom is 0.328 e. The highest BCUT2D eigenvalue weighted by Gasteiger charge is 2.20. The fraction of sp³-hybridized carbons (Fsp3) is 0.211. The lowest BCUT2D eigenvalue weighted by atomic mass is 9.99. The predicted molar refractivity (Wildman–Crippen MR) is 89.6 cm³/mol. The van der Waals surface area contributed by atoms with Gasteiger partial charge < -0.3 is 10.1 Å². The van der Waals surface area contributed by atoms with Gasteiger partial charge in [0, 0.05) is 24.5 Å². The lowest BCUT2D eigenvalue weighted by molar-refractivity contribution is -0.144. The van der Waals surface area contributed by atoms with Gasteiger partial charge in [0.2, 0.25) is 5.91 Å². The third-order valence-corrected chi connectivity index (χ3v) is 3.56. The van der Waals surface area contributed by atoms with Gasteiger partial charge in [-0.25, -0.2) is 4.79 Å². The van der Waals surface area contributed by atoms with Crippen LogP contribution in [-0.2, 0) is 20.7 Å². The molecule has 0 spiro atoms. The minimum atomic E-state index is -0.747. The molecule has 0 heterocycles. The summed E-state index contributed by atoms with van der Waals surface area (Å²) in [5.41, 5.74) is 2.01. The average Bonchev–Trinajstić information content (AvgIpc) is 2.61. The van der Waals surface area contributed by atoms with Gasteiger partial charge in [-0.3, -0.25) is 9.59 Å². The molecule has 0 saturated carbocycles. The van der Waals surface area contributed by atoms with Crippen LogP contribution in [0.25, 0.3) is 0 Å². The van der Waals surface area contributed by atoms with Crippen molar-refractivity contribution in [2.75, 3.05) is 7.11 Å². The van der Waals surface area contributed by atoms with E-state index in [0.717, 1.165) is 5.56 Å². The molecule has 2 aromatic carbocycles. The molecule has 5 heteroatoms. The topological polar surface area (TPSA) is 72.5 Å². The summed E-state index contributed by atoms with van der Waals surface area (Å²) in [4.78, 5) is 35.3. The number of carbonyl (C=O) groups excluding carboxylic acids is 3. The van der Waals surface area contributed by atoms with Crippen LogP contribution >= 0.6 is 0 Å². The van der Waals surface area contributed by atoms with Gasteiger partial charge in [-0.05, 0) is 5.56 Å². The van der Waals surface area contributed by atoms with Gasteiger partial charge in [0.15, 0.2) is 5.78 Å². The summed E-state index contributed by atoms with van der Waals surface area (Å²) in [5, 5.41) is 2.56. The molecule has 1 amide bonds. The number of ketones is 1. The molecule has 0 saturated heterocycles. The zero-order valence-electron chi connectivity index (χ0n) is 13.6. The van der Waals surface area contributed by atoms with Crippen molar-refractivity contribution in [2.24, 2.45) is 0 Å². The second-order valence-electron chi connectivity index (χ2n) is 5.37. The first-order chi connectivity index (χ1) is 11.5. The highest BCUT2D eigenvalue weighted by atomic mass is 16.5. The maximum atomic E-state index is 12.3. The van der Waals surface area contributed by atoms with E-state index in [0.29, 0.717) is 17.5 Å². The van der Waals surface area contributed by atoms with E-state index < -0.39 is 12.0 Å². The van der Waals surface area contributed by atoms with E-state index in [1.165, 1.54) is 14.0 Å². The molecular weight excluding hydrogens is 306 g/mol. The second-order valence-corrected chi connectivity index (χ2v) is 5.37. The highest BCUT2D eigenvalue weighted by Crippen LogP contribution is 2.12. The number of nitrogens with one attached hydrogen (secondary N) is 1. The Hall–Kier alpha value is -2.95. The first-order valence-corrected chi connectivity index (χ1v) is 7.55. The van der Waals surface area contributed by atoms with Crippen molar-refractivity contribution >= 4 is 17.7 Å². The Balaban J connectivity index is 2.12. The number of rotatable bonds is 6. The molecule has 1 unspecified atom stereocenters. The van der Waals surface area contributed by atoms with Crippen LogP contribution in [0.2, 0.25) is 0 Å². The van der Waals surface area contributed by atoms with E-state index in [1.807, 2.05) is 18.2 Å². The average molecular weight is 325 g/mol. The van der Waals surface area contributed by atoms with Crippen LogP contribution in [-0.4, -0.2) is 30.8 Å². The monoisotopic (exact) mass is 325 g/mol. The van der Waals surface area contributed by atoms with Gasteiger partial charge in [-0.15, -0.1) is 0 Å². The Morgan fingerprint density at radius 3 is 2.08 bits per heavy atom. The Kier molecular flexibility index (Phi) is 5.84. The molecule has 2 rings (SSSR count). The smallest absolute Gasteiger partial charge is 0.328 e. The molecule has 0 aliphatic carbocycles. The lowest BCUT2D eigenvalue weighted by Gasteiger charge is -2.15. The summed E-state index contributed by atoms with van der Waals surface area (Å²) >= 11 is 0. The first-order valence-electron chi connectivity index (χ1n) is 7.55.